The van der Waals surface area contributed by atoms with Crippen molar-refractivity contribution in [3.05, 3.63) is 24.3 Å². The van der Waals surface area contributed by atoms with E-state index in [0.29, 0.717) is 31.2 Å². The zero-order chi connectivity index (χ0) is 13.7. The molecule has 5 heteroatoms. The van der Waals surface area contributed by atoms with E-state index in [-0.39, 0.29) is 17.9 Å². The molecule has 1 amide bonds. The molecule has 1 heterocycles. The van der Waals surface area contributed by atoms with Crippen LogP contribution in [0.25, 0.3) is 0 Å². The Balaban J connectivity index is 2.03. The highest BCUT2D eigenvalue weighted by molar-refractivity contribution is 5.95. The standard InChI is InChI=1S/C14H20N2O3/c1-10-6-8-19-13(10)14(17)16-11-4-2-3-5-12(11)18-9-7-15/h2-5,10,13H,6-9,15H2,1H3,(H,16,17). The van der Waals surface area contributed by atoms with Crippen LogP contribution in [-0.2, 0) is 9.53 Å². The zero-order valence-corrected chi connectivity index (χ0v) is 11.1. The number of hydrogen-bond donors (Lipinski definition) is 2. The lowest BCUT2D eigenvalue weighted by molar-refractivity contribution is -0.126. The van der Waals surface area contributed by atoms with Crippen molar-refractivity contribution in [3.8, 4) is 5.75 Å². The monoisotopic (exact) mass is 264 g/mol. The number of nitrogens with two attached hydrogens (primary N) is 1. The molecule has 0 saturated carbocycles. The summed E-state index contributed by atoms with van der Waals surface area (Å²) < 4.78 is 10.9. The number of carbonyl (C=O) groups excluding carboxylic acids is 1. The average Bonchev–Trinajstić information content (AvgIpc) is 2.84. The molecule has 2 unspecified atom stereocenters. The van der Waals surface area contributed by atoms with E-state index >= 15 is 0 Å². The van der Waals surface area contributed by atoms with Gasteiger partial charge in [-0.3, -0.25) is 4.79 Å². The van der Waals surface area contributed by atoms with Crippen molar-refractivity contribution in [2.24, 2.45) is 11.7 Å². The van der Waals surface area contributed by atoms with Gasteiger partial charge in [-0.2, -0.15) is 0 Å². The Kier molecular flexibility index (Phi) is 4.76. The molecule has 0 aromatic heterocycles. The number of nitrogens with one attached hydrogen (secondary N) is 1. The van der Waals surface area contributed by atoms with Crippen LogP contribution in [0.4, 0.5) is 5.69 Å². The molecule has 0 aliphatic carbocycles. The Morgan fingerprint density at radius 2 is 2.32 bits per heavy atom. The van der Waals surface area contributed by atoms with Crippen LogP contribution in [0.3, 0.4) is 0 Å². The summed E-state index contributed by atoms with van der Waals surface area (Å²) in [6.07, 6.45) is 0.547. The van der Waals surface area contributed by atoms with Gasteiger partial charge in [-0.25, -0.2) is 0 Å². The second-order valence-electron chi connectivity index (χ2n) is 4.68. The summed E-state index contributed by atoms with van der Waals surface area (Å²) in [5.41, 5.74) is 6.07. The minimum atomic E-state index is -0.373. The molecule has 1 aromatic rings. The quantitative estimate of drug-likeness (QED) is 0.842. The first kappa shape index (κ1) is 13.8. The molecular formula is C14H20N2O3. The van der Waals surface area contributed by atoms with Crippen LogP contribution in [0, 0.1) is 5.92 Å². The van der Waals surface area contributed by atoms with E-state index in [4.69, 9.17) is 15.2 Å². The van der Waals surface area contributed by atoms with Crippen LogP contribution in [-0.4, -0.2) is 31.8 Å². The van der Waals surface area contributed by atoms with E-state index in [1.807, 2.05) is 31.2 Å². The number of rotatable bonds is 5. The summed E-state index contributed by atoms with van der Waals surface area (Å²) in [5.74, 6) is 0.762. The van der Waals surface area contributed by atoms with Crippen molar-refractivity contribution >= 4 is 11.6 Å². The third-order valence-corrected chi connectivity index (χ3v) is 3.17. The van der Waals surface area contributed by atoms with Gasteiger partial charge in [-0.15, -0.1) is 0 Å². The number of amides is 1. The Labute approximate surface area is 113 Å². The first-order valence-corrected chi connectivity index (χ1v) is 6.56. The summed E-state index contributed by atoms with van der Waals surface area (Å²) in [4.78, 5) is 12.1. The molecule has 1 aromatic carbocycles. The zero-order valence-electron chi connectivity index (χ0n) is 11.1. The van der Waals surface area contributed by atoms with E-state index in [1.54, 1.807) is 0 Å². The van der Waals surface area contributed by atoms with Crippen molar-refractivity contribution in [3.63, 3.8) is 0 Å². The second-order valence-corrected chi connectivity index (χ2v) is 4.68. The smallest absolute Gasteiger partial charge is 0.253 e. The predicted octanol–water partition coefficient (Wildman–Crippen LogP) is 1.39. The van der Waals surface area contributed by atoms with Crippen molar-refractivity contribution in [2.75, 3.05) is 25.1 Å². The number of carbonyl (C=O) groups is 1. The molecule has 1 saturated heterocycles. The third kappa shape index (κ3) is 3.45. The molecule has 0 radical (unpaired) electrons. The largest absolute Gasteiger partial charge is 0.490 e. The molecule has 2 rings (SSSR count). The Morgan fingerprint density at radius 1 is 1.53 bits per heavy atom. The van der Waals surface area contributed by atoms with E-state index in [1.165, 1.54) is 0 Å². The van der Waals surface area contributed by atoms with E-state index in [0.717, 1.165) is 6.42 Å². The maximum atomic E-state index is 12.1. The van der Waals surface area contributed by atoms with Gasteiger partial charge in [0, 0.05) is 13.2 Å². The van der Waals surface area contributed by atoms with Gasteiger partial charge in [-0.05, 0) is 24.5 Å². The molecule has 1 fully saturated rings. The third-order valence-electron chi connectivity index (χ3n) is 3.17. The molecule has 19 heavy (non-hydrogen) atoms. The maximum absolute atomic E-state index is 12.1. The molecule has 104 valence electrons. The van der Waals surface area contributed by atoms with Crippen LogP contribution in [0.15, 0.2) is 24.3 Å². The lowest BCUT2D eigenvalue weighted by atomic mass is 10.0. The molecule has 0 bridgehead atoms. The fourth-order valence-corrected chi connectivity index (χ4v) is 2.10. The van der Waals surface area contributed by atoms with Gasteiger partial charge in [-0.1, -0.05) is 19.1 Å². The van der Waals surface area contributed by atoms with Crippen molar-refractivity contribution in [2.45, 2.75) is 19.4 Å². The van der Waals surface area contributed by atoms with E-state index in [2.05, 4.69) is 5.32 Å². The minimum absolute atomic E-state index is 0.117. The summed E-state index contributed by atoms with van der Waals surface area (Å²) >= 11 is 0. The van der Waals surface area contributed by atoms with Gasteiger partial charge >= 0.3 is 0 Å². The van der Waals surface area contributed by atoms with Crippen LogP contribution in [0.5, 0.6) is 5.75 Å². The fourth-order valence-electron chi connectivity index (χ4n) is 2.10. The van der Waals surface area contributed by atoms with E-state index < -0.39 is 0 Å². The molecule has 5 nitrogen and oxygen atoms in total. The summed E-state index contributed by atoms with van der Waals surface area (Å²) in [6.45, 7) is 3.52. The van der Waals surface area contributed by atoms with Crippen molar-refractivity contribution in [1.82, 2.24) is 0 Å². The normalized spacial score (nSPS) is 22.2. The van der Waals surface area contributed by atoms with Gasteiger partial charge < -0.3 is 20.5 Å². The first-order valence-electron chi connectivity index (χ1n) is 6.56. The topological polar surface area (TPSA) is 73.6 Å². The predicted molar refractivity (Wildman–Crippen MR) is 73.1 cm³/mol. The Bertz CT molecular complexity index is 436. The molecular weight excluding hydrogens is 244 g/mol. The number of para-hydroxylation sites is 2. The highest BCUT2D eigenvalue weighted by Crippen LogP contribution is 2.26. The highest BCUT2D eigenvalue weighted by Gasteiger charge is 2.31. The van der Waals surface area contributed by atoms with Crippen LogP contribution < -0.4 is 15.8 Å². The molecule has 0 spiro atoms. The average molecular weight is 264 g/mol. The lowest BCUT2D eigenvalue weighted by Gasteiger charge is -2.16. The number of ether oxygens (including phenoxy) is 2. The van der Waals surface area contributed by atoms with Gasteiger partial charge in [0.25, 0.3) is 5.91 Å². The fraction of sp³-hybridized carbons (Fsp3) is 0.500. The highest BCUT2D eigenvalue weighted by atomic mass is 16.5. The molecule has 2 atom stereocenters. The van der Waals surface area contributed by atoms with Gasteiger partial charge in [0.1, 0.15) is 18.5 Å². The van der Waals surface area contributed by atoms with Gasteiger partial charge in [0.05, 0.1) is 5.69 Å². The first-order chi connectivity index (χ1) is 9.22. The lowest BCUT2D eigenvalue weighted by Crippen LogP contribution is -2.31. The Morgan fingerprint density at radius 3 is 3.00 bits per heavy atom. The maximum Gasteiger partial charge on any atom is 0.253 e. The molecule has 1 aliphatic heterocycles. The number of benzene rings is 1. The second kappa shape index (κ2) is 6.54. The van der Waals surface area contributed by atoms with Crippen molar-refractivity contribution in [1.29, 1.82) is 0 Å². The minimum Gasteiger partial charge on any atom is -0.490 e. The molecule has 3 N–H and O–H groups in total. The summed E-state index contributed by atoms with van der Waals surface area (Å²) in [5, 5.41) is 2.86. The Hall–Kier alpha value is -1.59. The van der Waals surface area contributed by atoms with Crippen LogP contribution in [0.2, 0.25) is 0 Å². The van der Waals surface area contributed by atoms with E-state index in [9.17, 15) is 4.79 Å². The van der Waals surface area contributed by atoms with Gasteiger partial charge in [0.15, 0.2) is 0 Å². The summed E-state index contributed by atoms with van der Waals surface area (Å²) in [7, 11) is 0. The van der Waals surface area contributed by atoms with Crippen LogP contribution in [0.1, 0.15) is 13.3 Å². The molecule has 1 aliphatic rings. The van der Waals surface area contributed by atoms with Crippen molar-refractivity contribution < 1.29 is 14.3 Å². The number of anilines is 1. The SMILES string of the molecule is CC1CCOC1C(=O)Nc1ccccc1OCCN. The van der Waals surface area contributed by atoms with Crippen LogP contribution >= 0.6 is 0 Å². The van der Waals surface area contributed by atoms with Gasteiger partial charge in [0.2, 0.25) is 0 Å². The number of hydrogen-bond acceptors (Lipinski definition) is 4. The summed E-state index contributed by atoms with van der Waals surface area (Å²) in [6, 6.07) is 7.33.